The number of benzene rings is 2. The molecule has 2 amide bonds. The number of para-hydroxylation sites is 1. The van der Waals surface area contributed by atoms with Gasteiger partial charge in [-0.05, 0) is 43.0 Å². The standard InChI is InChI=1S/C21H23N3O2/c1-14-7-8-16(15(2)11-14)9-10-20(25)23-24-21(26)12-17-13-22-19-6-4-3-5-18(17)19/h3-8,11,13,22H,9-10,12H2,1-2H3,(H,23,25)(H,24,26). The quantitative estimate of drug-likeness (QED) is 0.619. The number of carbonyl (C=O) groups is 2. The molecular formula is C21H23N3O2. The number of nitrogens with one attached hydrogen (secondary N) is 3. The van der Waals surface area contributed by atoms with E-state index in [1.165, 1.54) is 11.1 Å². The number of H-pyrrole nitrogens is 1. The summed E-state index contributed by atoms with van der Waals surface area (Å²) in [6.45, 7) is 4.09. The van der Waals surface area contributed by atoms with Gasteiger partial charge < -0.3 is 4.98 Å². The van der Waals surface area contributed by atoms with Crippen LogP contribution in [-0.2, 0) is 22.4 Å². The zero-order valence-electron chi connectivity index (χ0n) is 15.1. The van der Waals surface area contributed by atoms with Gasteiger partial charge in [0.25, 0.3) is 0 Å². The Balaban J connectivity index is 1.47. The van der Waals surface area contributed by atoms with Crippen LogP contribution in [0.25, 0.3) is 10.9 Å². The molecule has 1 heterocycles. The highest BCUT2D eigenvalue weighted by Crippen LogP contribution is 2.17. The first-order valence-electron chi connectivity index (χ1n) is 8.72. The molecule has 0 bridgehead atoms. The third kappa shape index (κ3) is 4.30. The van der Waals surface area contributed by atoms with Crippen molar-refractivity contribution in [3.05, 3.63) is 70.9 Å². The van der Waals surface area contributed by atoms with Gasteiger partial charge in [-0.3, -0.25) is 20.4 Å². The summed E-state index contributed by atoms with van der Waals surface area (Å²) in [6.07, 6.45) is 3.02. The third-order valence-electron chi connectivity index (χ3n) is 4.49. The van der Waals surface area contributed by atoms with E-state index in [9.17, 15) is 9.59 Å². The minimum atomic E-state index is -0.241. The molecule has 5 heteroatoms. The summed E-state index contributed by atoms with van der Waals surface area (Å²) in [5.74, 6) is -0.438. The van der Waals surface area contributed by atoms with Crippen LogP contribution < -0.4 is 10.9 Å². The number of aryl methyl sites for hydroxylation is 3. The van der Waals surface area contributed by atoms with E-state index in [2.05, 4.69) is 21.9 Å². The van der Waals surface area contributed by atoms with Crippen LogP contribution in [0, 0.1) is 13.8 Å². The maximum atomic E-state index is 12.1. The number of hydrogen-bond acceptors (Lipinski definition) is 2. The van der Waals surface area contributed by atoms with Gasteiger partial charge in [-0.1, -0.05) is 42.0 Å². The summed E-state index contributed by atoms with van der Waals surface area (Å²) in [7, 11) is 0. The van der Waals surface area contributed by atoms with Crippen LogP contribution in [0.3, 0.4) is 0 Å². The van der Waals surface area contributed by atoms with Crippen molar-refractivity contribution in [2.75, 3.05) is 0 Å². The van der Waals surface area contributed by atoms with Crippen LogP contribution in [0.2, 0.25) is 0 Å². The number of aromatic amines is 1. The van der Waals surface area contributed by atoms with Gasteiger partial charge in [0.1, 0.15) is 0 Å². The Morgan fingerprint density at radius 2 is 1.73 bits per heavy atom. The first-order chi connectivity index (χ1) is 12.5. The summed E-state index contributed by atoms with van der Waals surface area (Å²) >= 11 is 0. The van der Waals surface area contributed by atoms with E-state index in [-0.39, 0.29) is 18.2 Å². The lowest BCUT2D eigenvalue weighted by atomic mass is 10.0. The van der Waals surface area contributed by atoms with E-state index in [4.69, 9.17) is 0 Å². The largest absolute Gasteiger partial charge is 0.361 e. The number of carbonyl (C=O) groups excluding carboxylic acids is 2. The molecule has 0 saturated heterocycles. The Hall–Kier alpha value is -3.08. The highest BCUT2D eigenvalue weighted by atomic mass is 16.2. The van der Waals surface area contributed by atoms with E-state index in [0.717, 1.165) is 22.0 Å². The van der Waals surface area contributed by atoms with Crippen molar-refractivity contribution in [2.45, 2.75) is 33.1 Å². The van der Waals surface area contributed by atoms with Crippen molar-refractivity contribution in [1.29, 1.82) is 0 Å². The van der Waals surface area contributed by atoms with Crippen LogP contribution in [0.4, 0.5) is 0 Å². The predicted molar refractivity (Wildman–Crippen MR) is 103 cm³/mol. The summed E-state index contributed by atoms with van der Waals surface area (Å²) in [5.41, 5.74) is 10.4. The van der Waals surface area contributed by atoms with Crippen molar-refractivity contribution in [3.63, 3.8) is 0 Å². The molecular weight excluding hydrogens is 326 g/mol. The van der Waals surface area contributed by atoms with Crippen molar-refractivity contribution in [3.8, 4) is 0 Å². The zero-order valence-corrected chi connectivity index (χ0v) is 15.1. The Morgan fingerprint density at radius 1 is 0.962 bits per heavy atom. The lowest BCUT2D eigenvalue weighted by Gasteiger charge is -2.09. The van der Waals surface area contributed by atoms with E-state index in [1.807, 2.05) is 56.4 Å². The smallest absolute Gasteiger partial charge is 0.242 e. The molecule has 0 spiro atoms. The van der Waals surface area contributed by atoms with Gasteiger partial charge >= 0.3 is 0 Å². The maximum Gasteiger partial charge on any atom is 0.242 e. The lowest BCUT2D eigenvalue weighted by molar-refractivity contribution is -0.128. The van der Waals surface area contributed by atoms with Gasteiger partial charge in [0, 0.05) is 23.5 Å². The number of amides is 2. The topological polar surface area (TPSA) is 74.0 Å². The fraction of sp³-hybridized carbons (Fsp3) is 0.238. The maximum absolute atomic E-state index is 12.1. The number of hydrogen-bond donors (Lipinski definition) is 3. The predicted octanol–water partition coefficient (Wildman–Crippen LogP) is 3.11. The summed E-state index contributed by atoms with van der Waals surface area (Å²) in [6, 6.07) is 14.0. The highest BCUT2D eigenvalue weighted by molar-refractivity contribution is 5.89. The van der Waals surface area contributed by atoms with Crippen LogP contribution in [0.1, 0.15) is 28.7 Å². The van der Waals surface area contributed by atoms with E-state index >= 15 is 0 Å². The SMILES string of the molecule is Cc1ccc(CCC(=O)NNC(=O)Cc2c[nH]c3ccccc23)c(C)c1. The molecule has 0 aliphatic heterocycles. The van der Waals surface area contributed by atoms with Gasteiger partial charge in [0.15, 0.2) is 0 Å². The number of hydrazine groups is 1. The zero-order chi connectivity index (χ0) is 18.5. The molecule has 0 fully saturated rings. The van der Waals surface area contributed by atoms with E-state index in [1.54, 1.807) is 0 Å². The Kier molecular flexibility index (Phi) is 5.37. The van der Waals surface area contributed by atoms with Crippen LogP contribution in [-0.4, -0.2) is 16.8 Å². The van der Waals surface area contributed by atoms with Gasteiger partial charge in [0.2, 0.25) is 11.8 Å². The van der Waals surface area contributed by atoms with Crippen LogP contribution in [0.5, 0.6) is 0 Å². The van der Waals surface area contributed by atoms with E-state index in [0.29, 0.717) is 12.8 Å². The van der Waals surface area contributed by atoms with Crippen molar-refractivity contribution in [1.82, 2.24) is 15.8 Å². The van der Waals surface area contributed by atoms with E-state index < -0.39 is 0 Å². The molecule has 1 aromatic heterocycles. The van der Waals surface area contributed by atoms with Crippen molar-refractivity contribution in [2.24, 2.45) is 0 Å². The number of rotatable bonds is 5. The fourth-order valence-electron chi connectivity index (χ4n) is 3.07. The van der Waals surface area contributed by atoms with Crippen molar-refractivity contribution < 1.29 is 9.59 Å². The number of fused-ring (bicyclic) bond motifs is 1. The van der Waals surface area contributed by atoms with Crippen LogP contribution >= 0.6 is 0 Å². The monoisotopic (exact) mass is 349 g/mol. The van der Waals surface area contributed by atoms with Gasteiger partial charge in [-0.25, -0.2) is 0 Å². The molecule has 0 aliphatic rings. The molecule has 0 aliphatic carbocycles. The van der Waals surface area contributed by atoms with Crippen LogP contribution in [0.15, 0.2) is 48.7 Å². The average Bonchev–Trinajstić information content (AvgIpc) is 3.02. The third-order valence-corrected chi connectivity index (χ3v) is 4.49. The van der Waals surface area contributed by atoms with Gasteiger partial charge in [-0.15, -0.1) is 0 Å². The number of aromatic nitrogens is 1. The molecule has 0 radical (unpaired) electrons. The highest BCUT2D eigenvalue weighted by Gasteiger charge is 2.10. The second-order valence-corrected chi connectivity index (χ2v) is 6.56. The Morgan fingerprint density at radius 3 is 2.54 bits per heavy atom. The lowest BCUT2D eigenvalue weighted by Crippen LogP contribution is -2.42. The molecule has 0 unspecified atom stereocenters. The Bertz CT molecular complexity index is 943. The molecule has 0 saturated carbocycles. The summed E-state index contributed by atoms with van der Waals surface area (Å²) in [5, 5.41) is 1.02. The minimum Gasteiger partial charge on any atom is -0.361 e. The first-order valence-corrected chi connectivity index (χ1v) is 8.72. The second kappa shape index (κ2) is 7.87. The average molecular weight is 349 g/mol. The summed E-state index contributed by atoms with van der Waals surface area (Å²) < 4.78 is 0. The molecule has 26 heavy (non-hydrogen) atoms. The molecule has 3 aromatic rings. The van der Waals surface area contributed by atoms with Crippen molar-refractivity contribution >= 4 is 22.7 Å². The fourth-order valence-corrected chi connectivity index (χ4v) is 3.07. The molecule has 3 N–H and O–H groups in total. The molecule has 2 aromatic carbocycles. The first kappa shape index (κ1) is 17.7. The summed E-state index contributed by atoms with van der Waals surface area (Å²) in [4.78, 5) is 27.2. The molecule has 0 atom stereocenters. The second-order valence-electron chi connectivity index (χ2n) is 6.56. The Labute approximate surface area is 152 Å². The normalized spacial score (nSPS) is 10.7. The van der Waals surface area contributed by atoms with Gasteiger partial charge in [-0.2, -0.15) is 0 Å². The molecule has 3 rings (SSSR count). The molecule has 134 valence electrons. The minimum absolute atomic E-state index is 0.197. The molecule has 5 nitrogen and oxygen atoms in total. The van der Waals surface area contributed by atoms with Gasteiger partial charge in [0.05, 0.1) is 6.42 Å².